The number of aryl methyl sites for hydroxylation is 2. The van der Waals surface area contributed by atoms with Crippen molar-refractivity contribution in [1.29, 1.82) is 0 Å². The molecule has 1 heteroatoms. The molecule has 78 valence electrons. The van der Waals surface area contributed by atoms with Crippen LogP contribution in [0.25, 0.3) is 5.70 Å². The van der Waals surface area contributed by atoms with Gasteiger partial charge in [0.2, 0.25) is 0 Å². The highest BCUT2D eigenvalue weighted by molar-refractivity contribution is 5.70. The molecule has 0 bridgehead atoms. The van der Waals surface area contributed by atoms with Crippen molar-refractivity contribution in [3.63, 3.8) is 0 Å². The number of hydrogen-bond donors (Lipinski definition) is 0. The average molecular weight is 199 g/mol. The fourth-order valence-electron chi connectivity index (χ4n) is 1.56. The molecule has 0 aliphatic rings. The highest BCUT2D eigenvalue weighted by atomic mass is 14.7. The average Bonchev–Trinajstić information content (AvgIpc) is 2.21. The number of aliphatic imine (C=N–C) groups is 1. The zero-order valence-corrected chi connectivity index (χ0v) is 9.46. The maximum atomic E-state index is 4.05. The third-order valence-electron chi connectivity index (χ3n) is 2.31. The first-order valence-corrected chi connectivity index (χ1v) is 5.04. The van der Waals surface area contributed by atoms with E-state index in [9.17, 15) is 0 Å². The van der Waals surface area contributed by atoms with Crippen LogP contribution in [-0.4, -0.2) is 6.72 Å². The Morgan fingerprint density at radius 3 is 2.67 bits per heavy atom. The first kappa shape index (κ1) is 11.4. The molecule has 0 fully saturated rings. The highest BCUT2D eigenvalue weighted by Gasteiger charge is 2.02. The summed E-state index contributed by atoms with van der Waals surface area (Å²) in [6, 6.07) is 6.34. The van der Waals surface area contributed by atoms with Crippen LogP contribution in [0, 0.1) is 13.8 Å². The van der Waals surface area contributed by atoms with Gasteiger partial charge in [-0.3, -0.25) is 4.99 Å². The minimum atomic E-state index is 0.821. The van der Waals surface area contributed by atoms with E-state index in [0.717, 1.165) is 17.7 Å². The Labute approximate surface area is 91.9 Å². The number of hydrogen-bond acceptors (Lipinski definition) is 1. The summed E-state index contributed by atoms with van der Waals surface area (Å²) in [5.74, 6) is 0. The lowest BCUT2D eigenvalue weighted by molar-refractivity contribution is 1.32. The van der Waals surface area contributed by atoms with Gasteiger partial charge in [-0.1, -0.05) is 35.9 Å². The Hall–Kier alpha value is -1.63. The van der Waals surface area contributed by atoms with Crippen molar-refractivity contribution in [2.75, 3.05) is 0 Å². The Kier molecular flexibility index (Phi) is 4.04. The Morgan fingerprint density at radius 1 is 1.40 bits per heavy atom. The molecular weight excluding hydrogens is 182 g/mol. The molecule has 0 atom stereocenters. The van der Waals surface area contributed by atoms with Gasteiger partial charge < -0.3 is 0 Å². The SMILES string of the molecule is C=CC/C=C(\N=C)c1ccc(C)cc1C. The van der Waals surface area contributed by atoms with E-state index in [1.54, 1.807) is 0 Å². The zero-order valence-electron chi connectivity index (χ0n) is 9.46. The minimum absolute atomic E-state index is 0.821. The van der Waals surface area contributed by atoms with E-state index in [0.29, 0.717) is 0 Å². The summed E-state index contributed by atoms with van der Waals surface area (Å²) >= 11 is 0. The van der Waals surface area contributed by atoms with E-state index >= 15 is 0 Å². The predicted octanol–water partition coefficient (Wildman–Crippen LogP) is 3.92. The molecule has 1 aromatic rings. The summed E-state index contributed by atoms with van der Waals surface area (Å²) in [5, 5.41) is 0. The van der Waals surface area contributed by atoms with E-state index in [1.165, 1.54) is 11.1 Å². The van der Waals surface area contributed by atoms with Crippen molar-refractivity contribution in [1.82, 2.24) is 0 Å². The van der Waals surface area contributed by atoms with E-state index in [-0.39, 0.29) is 0 Å². The fourth-order valence-corrected chi connectivity index (χ4v) is 1.56. The van der Waals surface area contributed by atoms with Crippen LogP contribution in [-0.2, 0) is 0 Å². The molecule has 0 spiro atoms. The smallest absolute Gasteiger partial charge is 0.0660 e. The summed E-state index contributed by atoms with van der Waals surface area (Å²) in [7, 11) is 0. The molecule has 0 aromatic heterocycles. The van der Waals surface area contributed by atoms with Gasteiger partial charge in [-0.15, -0.1) is 6.58 Å². The number of nitrogens with zero attached hydrogens (tertiary/aromatic N) is 1. The normalized spacial score (nSPS) is 11.2. The van der Waals surface area contributed by atoms with Crippen molar-refractivity contribution in [2.45, 2.75) is 20.3 Å². The quantitative estimate of drug-likeness (QED) is 0.515. The summed E-state index contributed by atoms with van der Waals surface area (Å²) in [4.78, 5) is 4.05. The number of benzene rings is 1. The van der Waals surface area contributed by atoms with E-state index in [4.69, 9.17) is 0 Å². The molecule has 0 N–H and O–H groups in total. The van der Waals surface area contributed by atoms with E-state index in [1.807, 2.05) is 12.2 Å². The van der Waals surface area contributed by atoms with Crippen LogP contribution >= 0.6 is 0 Å². The third kappa shape index (κ3) is 2.91. The molecule has 0 radical (unpaired) electrons. The molecule has 0 amide bonds. The van der Waals surface area contributed by atoms with Crippen LogP contribution in [0.1, 0.15) is 23.1 Å². The molecule has 0 aliphatic heterocycles. The molecule has 0 aliphatic carbocycles. The Bertz CT molecular complexity index is 400. The summed E-state index contributed by atoms with van der Waals surface area (Å²) in [5.41, 5.74) is 4.59. The molecular formula is C14H17N. The fraction of sp³-hybridized carbons (Fsp3) is 0.214. The monoisotopic (exact) mass is 199 g/mol. The maximum Gasteiger partial charge on any atom is 0.0660 e. The van der Waals surface area contributed by atoms with Crippen molar-refractivity contribution in [3.8, 4) is 0 Å². The van der Waals surface area contributed by atoms with Crippen molar-refractivity contribution in [2.24, 2.45) is 4.99 Å². The standard InChI is InChI=1S/C14H17N/c1-5-6-7-14(15-4)13-9-8-11(2)10-12(13)3/h5,7-10H,1,4,6H2,2-3H3/b14-7-. The van der Waals surface area contributed by atoms with Crippen LogP contribution in [0.15, 0.2) is 41.9 Å². The first-order chi connectivity index (χ1) is 7.19. The van der Waals surface area contributed by atoms with Gasteiger partial charge in [0.15, 0.2) is 0 Å². The van der Waals surface area contributed by atoms with Crippen LogP contribution in [0.3, 0.4) is 0 Å². The van der Waals surface area contributed by atoms with Crippen LogP contribution in [0.5, 0.6) is 0 Å². The molecule has 1 nitrogen and oxygen atoms in total. The van der Waals surface area contributed by atoms with Crippen molar-refractivity contribution in [3.05, 3.63) is 53.6 Å². The second kappa shape index (κ2) is 5.30. The van der Waals surface area contributed by atoms with Gasteiger partial charge in [0.25, 0.3) is 0 Å². The lowest BCUT2D eigenvalue weighted by Crippen LogP contribution is -1.87. The predicted molar refractivity (Wildman–Crippen MR) is 68.3 cm³/mol. The van der Waals surface area contributed by atoms with Gasteiger partial charge >= 0.3 is 0 Å². The van der Waals surface area contributed by atoms with Crippen LogP contribution in [0.4, 0.5) is 0 Å². The van der Waals surface area contributed by atoms with Gasteiger partial charge in [0.05, 0.1) is 5.70 Å². The molecule has 0 saturated heterocycles. The first-order valence-electron chi connectivity index (χ1n) is 5.04. The number of rotatable bonds is 4. The zero-order chi connectivity index (χ0) is 11.3. The molecule has 1 aromatic carbocycles. The minimum Gasteiger partial charge on any atom is -0.264 e. The van der Waals surface area contributed by atoms with Gasteiger partial charge in [0.1, 0.15) is 0 Å². The van der Waals surface area contributed by atoms with Crippen LogP contribution in [0.2, 0.25) is 0 Å². The molecule has 15 heavy (non-hydrogen) atoms. The maximum absolute atomic E-state index is 4.05. The van der Waals surface area contributed by atoms with E-state index < -0.39 is 0 Å². The second-order valence-corrected chi connectivity index (χ2v) is 3.59. The molecule has 1 rings (SSSR count). The second-order valence-electron chi connectivity index (χ2n) is 3.59. The number of allylic oxidation sites excluding steroid dienone is 2. The van der Waals surface area contributed by atoms with Crippen molar-refractivity contribution < 1.29 is 0 Å². The van der Waals surface area contributed by atoms with Gasteiger partial charge in [-0.2, -0.15) is 0 Å². The largest absolute Gasteiger partial charge is 0.264 e. The van der Waals surface area contributed by atoms with Gasteiger partial charge in [-0.25, -0.2) is 0 Å². The van der Waals surface area contributed by atoms with E-state index in [2.05, 4.69) is 50.3 Å². The Balaban J connectivity index is 3.12. The molecule has 0 unspecified atom stereocenters. The summed E-state index contributed by atoms with van der Waals surface area (Å²) in [6.07, 6.45) is 4.72. The topological polar surface area (TPSA) is 12.4 Å². The molecule has 0 saturated carbocycles. The lowest BCUT2D eigenvalue weighted by atomic mass is 10.0. The highest BCUT2D eigenvalue weighted by Crippen LogP contribution is 2.21. The van der Waals surface area contributed by atoms with Crippen LogP contribution < -0.4 is 0 Å². The summed E-state index contributed by atoms with van der Waals surface area (Å²) in [6.45, 7) is 11.5. The van der Waals surface area contributed by atoms with Gasteiger partial charge in [-0.05, 0) is 32.5 Å². The van der Waals surface area contributed by atoms with Crippen molar-refractivity contribution >= 4 is 12.4 Å². The summed E-state index contributed by atoms with van der Waals surface area (Å²) < 4.78 is 0. The third-order valence-corrected chi connectivity index (χ3v) is 2.31. The lowest BCUT2D eigenvalue weighted by Gasteiger charge is -2.06. The Morgan fingerprint density at radius 2 is 2.13 bits per heavy atom. The van der Waals surface area contributed by atoms with Gasteiger partial charge in [0, 0.05) is 5.56 Å². The molecule has 0 heterocycles.